The molecule has 0 aliphatic carbocycles. The van der Waals surface area contributed by atoms with Gasteiger partial charge in [-0.3, -0.25) is 9.59 Å². The Morgan fingerprint density at radius 2 is 1.35 bits per heavy atom. The molecule has 3 aromatic rings. The topological polar surface area (TPSA) is 87.7 Å². The largest absolute Gasteiger partial charge is 0.508 e. The number of aromatic hydroxyl groups is 1. The number of ether oxygens (including phenoxy) is 1. The van der Waals surface area contributed by atoms with Gasteiger partial charge in [0.25, 0.3) is 5.91 Å². The van der Waals surface area contributed by atoms with Gasteiger partial charge < -0.3 is 20.5 Å². The summed E-state index contributed by atoms with van der Waals surface area (Å²) in [7, 11) is 0. The quantitative estimate of drug-likeness (QED) is 0.408. The van der Waals surface area contributed by atoms with Gasteiger partial charge in [0.2, 0.25) is 5.91 Å². The van der Waals surface area contributed by atoms with E-state index in [0.29, 0.717) is 24.4 Å². The zero-order valence-electron chi connectivity index (χ0n) is 19.8. The van der Waals surface area contributed by atoms with Gasteiger partial charge in [-0.1, -0.05) is 48.5 Å². The van der Waals surface area contributed by atoms with Gasteiger partial charge in [0.05, 0.1) is 6.42 Å². The predicted octanol–water partition coefficient (Wildman–Crippen LogP) is 3.65. The molecule has 0 unspecified atom stereocenters. The summed E-state index contributed by atoms with van der Waals surface area (Å²) in [4.78, 5) is 24.5. The number of carbonyl (C=O) groups is 2. The molecular formula is C28H32N2O4. The maximum absolute atomic E-state index is 12.3. The monoisotopic (exact) mass is 460 g/mol. The highest BCUT2D eigenvalue weighted by Gasteiger charge is 2.09. The van der Waals surface area contributed by atoms with Crippen LogP contribution in [0.3, 0.4) is 0 Å². The highest BCUT2D eigenvalue weighted by molar-refractivity contribution is 5.79. The normalized spacial score (nSPS) is 10.5. The molecule has 0 saturated heterocycles. The number of carbonyl (C=O) groups excluding carboxylic acids is 2. The average molecular weight is 461 g/mol. The Kier molecular flexibility index (Phi) is 9.09. The number of phenols is 1. The third-order valence-corrected chi connectivity index (χ3v) is 5.64. The molecule has 0 heterocycles. The number of benzene rings is 3. The van der Waals surface area contributed by atoms with Gasteiger partial charge in [-0.05, 0) is 66.6 Å². The molecule has 3 rings (SSSR count). The van der Waals surface area contributed by atoms with Crippen molar-refractivity contribution in [2.75, 3.05) is 19.7 Å². The van der Waals surface area contributed by atoms with Crippen molar-refractivity contribution in [1.29, 1.82) is 0 Å². The van der Waals surface area contributed by atoms with E-state index in [1.807, 2.05) is 43.3 Å². The summed E-state index contributed by atoms with van der Waals surface area (Å²) in [6.45, 7) is 4.98. The van der Waals surface area contributed by atoms with Crippen LogP contribution in [0.1, 0.15) is 27.8 Å². The lowest BCUT2D eigenvalue weighted by atomic mass is 10.1. The lowest BCUT2D eigenvalue weighted by molar-refractivity contribution is -0.123. The molecule has 6 nitrogen and oxygen atoms in total. The summed E-state index contributed by atoms with van der Waals surface area (Å²) in [5, 5.41) is 15.8. The Morgan fingerprint density at radius 1 is 0.794 bits per heavy atom. The second kappa shape index (κ2) is 12.4. The smallest absolute Gasteiger partial charge is 0.257 e. The molecule has 0 spiro atoms. The van der Waals surface area contributed by atoms with Crippen molar-refractivity contribution in [2.24, 2.45) is 0 Å². The van der Waals surface area contributed by atoms with E-state index in [2.05, 4.69) is 29.7 Å². The Hall–Kier alpha value is -3.80. The van der Waals surface area contributed by atoms with E-state index >= 15 is 0 Å². The third kappa shape index (κ3) is 7.96. The van der Waals surface area contributed by atoms with E-state index in [1.54, 1.807) is 6.07 Å². The van der Waals surface area contributed by atoms with Crippen molar-refractivity contribution in [3.05, 3.63) is 94.5 Å². The minimum Gasteiger partial charge on any atom is -0.508 e. The SMILES string of the molecule is Cc1ccccc1CCNC(=O)COc1cc(O)cc(CC(=O)NCCc2ccccc2C)c1. The number of rotatable bonds is 11. The highest BCUT2D eigenvalue weighted by Crippen LogP contribution is 2.22. The molecule has 178 valence electrons. The molecule has 6 heteroatoms. The summed E-state index contributed by atoms with van der Waals surface area (Å²) < 4.78 is 5.55. The van der Waals surface area contributed by atoms with E-state index < -0.39 is 0 Å². The van der Waals surface area contributed by atoms with Gasteiger partial charge in [0.15, 0.2) is 6.61 Å². The molecule has 2 amide bonds. The van der Waals surface area contributed by atoms with Crippen LogP contribution >= 0.6 is 0 Å². The van der Waals surface area contributed by atoms with Gasteiger partial charge in [0, 0.05) is 19.2 Å². The van der Waals surface area contributed by atoms with Gasteiger partial charge in [-0.25, -0.2) is 0 Å². The molecule has 0 atom stereocenters. The molecule has 0 fully saturated rings. The summed E-state index contributed by atoms with van der Waals surface area (Å²) in [6, 6.07) is 20.8. The van der Waals surface area contributed by atoms with Crippen LogP contribution in [0.4, 0.5) is 0 Å². The van der Waals surface area contributed by atoms with Gasteiger partial charge in [-0.15, -0.1) is 0 Å². The number of aryl methyl sites for hydroxylation is 2. The molecule has 0 saturated carbocycles. The van der Waals surface area contributed by atoms with Crippen molar-refractivity contribution < 1.29 is 19.4 Å². The molecule has 0 radical (unpaired) electrons. The fraction of sp³-hybridized carbons (Fsp3) is 0.286. The summed E-state index contributed by atoms with van der Waals surface area (Å²) in [5.41, 5.74) is 5.40. The molecule has 3 aromatic carbocycles. The lowest BCUT2D eigenvalue weighted by Crippen LogP contribution is -2.30. The van der Waals surface area contributed by atoms with Gasteiger partial charge in [-0.2, -0.15) is 0 Å². The Labute approximate surface area is 201 Å². The van der Waals surface area contributed by atoms with E-state index in [-0.39, 0.29) is 30.6 Å². The van der Waals surface area contributed by atoms with Gasteiger partial charge in [0.1, 0.15) is 11.5 Å². The molecular weight excluding hydrogens is 428 g/mol. The number of hydrogen-bond acceptors (Lipinski definition) is 4. The van der Waals surface area contributed by atoms with E-state index in [0.717, 1.165) is 12.8 Å². The minimum absolute atomic E-state index is 0.0137. The molecule has 0 bridgehead atoms. The first-order valence-corrected chi connectivity index (χ1v) is 11.5. The minimum atomic E-state index is -0.243. The second-order valence-corrected chi connectivity index (χ2v) is 8.35. The van der Waals surface area contributed by atoms with Crippen molar-refractivity contribution in [2.45, 2.75) is 33.1 Å². The summed E-state index contributed by atoms with van der Waals surface area (Å²) >= 11 is 0. The fourth-order valence-corrected chi connectivity index (χ4v) is 3.73. The number of phenolic OH excluding ortho intramolecular Hbond substituents is 1. The first kappa shape index (κ1) is 24.8. The summed E-state index contributed by atoms with van der Waals surface area (Å²) in [5.74, 6) is -0.0524. The Morgan fingerprint density at radius 3 is 1.94 bits per heavy atom. The van der Waals surface area contributed by atoms with Crippen molar-refractivity contribution in [3.63, 3.8) is 0 Å². The van der Waals surface area contributed by atoms with Crippen LogP contribution < -0.4 is 15.4 Å². The van der Waals surface area contributed by atoms with Crippen molar-refractivity contribution in [1.82, 2.24) is 10.6 Å². The van der Waals surface area contributed by atoms with Crippen molar-refractivity contribution in [3.8, 4) is 11.5 Å². The second-order valence-electron chi connectivity index (χ2n) is 8.35. The van der Waals surface area contributed by atoms with E-state index in [9.17, 15) is 14.7 Å². The zero-order valence-corrected chi connectivity index (χ0v) is 19.8. The first-order chi connectivity index (χ1) is 16.4. The maximum Gasteiger partial charge on any atom is 0.257 e. The summed E-state index contributed by atoms with van der Waals surface area (Å²) in [6.07, 6.45) is 1.61. The van der Waals surface area contributed by atoms with Crippen LogP contribution in [0.2, 0.25) is 0 Å². The first-order valence-electron chi connectivity index (χ1n) is 11.5. The maximum atomic E-state index is 12.3. The van der Waals surface area contributed by atoms with Gasteiger partial charge >= 0.3 is 0 Å². The van der Waals surface area contributed by atoms with Crippen LogP contribution in [0, 0.1) is 13.8 Å². The number of nitrogens with one attached hydrogen (secondary N) is 2. The van der Waals surface area contributed by atoms with E-state index in [4.69, 9.17) is 4.74 Å². The Balaban J connectivity index is 1.42. The fourth-order valence-electron chi connectivity index (χ4n) is 3.73. The standard InChI is InChI=1S/C28H32N2O4/c1-20-7-3-5-9-23(20)11-13-29-27(32)17-22-15-25(31)18-26(16-22)34-19-28(33)30-14-12-24-10-6-4-8-21(24)2/h3-10,15-16,18,31H,11-14,17,19H2,1-2H3,(H,29,32)(H,30,33). The number of hydrogen-bond donors (Lipinski definition) is 3. The molecule has 3 N–H and O–H groups in total. The average Bonchev–Trinajstić information content (AvgIpc) is 2.80. The Bertz CT molecular complexity index is 1130. The third-order valence-electron chi connectivity index (χ3n) is 5.64. The highest BCUT2D eigenvalue weighted by atomic mass is 16.5. The van der Waals surface area contributed by atoms with Crippen molar-refractivity contribution >= 4 is 11.8 Å². The molecule has 0 aromatic heterocycles. The zero-order chi connectivity index (χ0) is 24.3. The van der Waals surface area contributed by atoms with Crippen LogP contribution in [-0.4, -0.2) is 36.6 Å². The van der Waals surface area contributed by atoms with E-state index in [1.165, 1.54) is 34.4 Å². The molecule has 34 heavy (non-hydrogen) atoms. The predicted molar refractivity (Wildman–Crippen MR) is 133 cm³/mol. The van der Waals surface area contributed by atoms with Crippen LogP contribution in [0.5, 0.6) is 11.5 Å². The van der Waals surface area contributed by atoms with Crippen LogP contribution in [-0.2, 0) is 28.9 Å². The number of amides is 2. The molecule has 0 aliphatic heterocycles. The van der Waals surface area contributed by atoms with Crippen LogP contribution in [0.25, 0.3) is 0 Å². The van der Waals surface area contributed by atoms with Crippen LogP contribution in [0.15, 0.2) is 66.7 Å². The lowest BCUT2D eigenvalue weighted by Gasteiger charge is -2.11. The molecule has 0 aliphatic rings.